The van der Waals surface area contributed by atoms with Gasteiger partial charge in [-0.25, -0.2) is 0 Å². The molecule has 0 saturated heterocycles. The molecule has 1 fully saturated rings. The van der Waals surface area contributed by atoms with Gasteiger partial charge >= 0.3 is 0 Å². The van der Waals surface area contributed by atoms with Gasteiger partial charge in [0.15, 0.2) is 0 Å². The van der Waals surface area contributed by atoms with Gasteiger partial charge in [-0.05, 0) is 67.1 Å². The van der Waals surface area contributed by atoms with Crippen LogP contribution < -0.4 is 0 Å². The van der Waals surface area contributed by atoms with E-state index in [-0.39, 0.29) is 0 Å². The predicted molar refractivity (Wildman–Crippen MR) is 80.4 cm³/mol. The summed E-state index contributed by atoms with van der Waals surface area (Å²) >= 11 is 0. The average molecular weight is 252 g/mol. The molecule has 3 aliphatic carbocycles. The summed E-state index contributed by atoms with van der Waals surface area (Å²) in [7, 11) is 0. The highest BCUT2D eigenvalue weighted by molar-refractivity contribution is 5.47. The summed E-state index contributed by atoms with van der Waals surface area (Å²) in [5, 5.41) is 0. The quantitative estimate of drug-likeness (QED) is 0.663. The van der Waals surface area contributed by atoms with E-state index >= 15 is 0 Å². The standard InChI is InChI=1S/C19H24/c1-2-5-15-6-3-7-16-8-4-11-19(18(15)16)13-14-9-10-17(19)12-14/h3,6-7,9-10,14,17H,2,4-5,8,11-13H2,1H3. The lowest BCUT2D eigenvalue weighted by Gasteiger charge is -2.42. The molecule has 0 heteroatoms. The van der Waals surface area contributed by atoms with Gasteiger partial charge in [-0.1, -0.05) is 43.7 Å². The topological polar surface area (TPSA) is 0 Å². The van der Waals surface area contributed by atoms with Crippen LogP contribution in [0.15, 0.2) is 30.4 Å². The van der Waals surface area contributed by atoms with Gasteiger partial charge in [-0.3, -0.25) is 0 Å². The molecule has 3 atom stereocenters. The van der Waals surface area contributed by atoms with Gasteiger partial charge in [-0.2, -0.15) is 0 Å². The Bertz CT molecular complexity index is 525. The van der Waals surface area contributed by atoms with Gasteiger partial charge in [0.2, 0.25) is 0 Å². The Morgan fingerprint density at radius 3 is 2.95 bits per heavy atom. The van der Waals surface area contributed by atoms with Gasteiger partial charge in [0.25, 0.3) is 0 Å². The fraction of sp³-hybridized carbons (Fsp3) is 0.579. The molecule has 3 aliphatic rings. The zero-order chi connectivity index (χ0) is 12.9. The van der Waals surface area contributed by atoms with Crippen molar-refractivity contribution in [2.45, 2.75) is 57.3 Å². The minimum atomic E-state index is 0.527. The van der Waals surface area contributed by atoms with E-state index in [9.17, 15) is 0 Å². The van der Waals surface area contributed by atoms with E-state index in [2.05, 4.69) is 37.3 Å². The minimum absolute atomic E-state index is 0.527. The molecule has 1 aromatic carbocycles. The maximum atomic E-state index is 2.55. The smallest absolute Gasteiger partial charge is 0.00271 e. The molecule has 4 rings (SSSR count). The van der Waals surface area contributed by atoms with Crippen molar-refractivity contribution in [3.8, 4) is 0 Å². The molecule has 1 spiro atoms. The first-order valence-electron chi connectivity index (χ1n) is 8.13. The van der Waals surface area contributed by atoms with Crippen LogP contribution in [0.4, 0.5) is 0 Å². The number of hydrogen-bond acceptors (Lipinski definition) is 0. The van der Waals surface area contributed by atoms with Gasteiger partial charge in [0.05, 0.1) is 0 Å². The second-order valence-electron chi connectivity index (χ2n) is 6.90. The van der Waals surface area contributed by atoms with Crippen LogP contribution in [0, 0.1) is 11.8 Å². The summed E-state index contributed by atoms with van der Waals surface area (Å²) in [5.74, 6) is 1.72. The molecule has 3 unspecified atom stereocenters. The third-order valence-corrected chi connectivity index (χ3v) is 5.83. The fourth-order valence-electron chi connectivity index (χ4n) is 5.23. The Morgan fingerprint density at radius 2 is 2.21 bits per heavy atom. The molecular formula is C19H24. The summed E-state index contributed by atoms with van der Waals surface area (Å²) in [4.78, 5) is 0. The Hall–Kier alpha value is -1.04. The molecule has 100 valence electrons. The molecule has 0 aliphatic heterocycles. The van der Waals surface area contributed by atoms with Crippen molar-refractivity contribution in [3.05, 3.63) is 47.0 Å². The number of hydrogen-bond donors (Lipinski definition) is 0. The molecule has 0 heterocycles. The summed E-state index contributed by atoms with van der Waals surface area (Å²) in [6.07, 6.45) is 14.6. The molecule has 0 N–H and O–H groups in total. The van der Waals surface area contributed by atoms with Crippen molar-refractivity contribution in [2.75, 3.05) is 0 Å². The lowest BCUT2D eigenvalue weighted by Crippen LogP contribution is -2.36. The SMILES string of the molecule is CCCc1cccc2c1C1(CCC2)CC2C=CC1C2. The molecule has 0 amide bonds. The molecule has 0 aromatic heterocycles. The van der Waals surface area contributed by atoms with Crippen molar-refractivity contribution in [1.82, 2.24) is 0 Å². The number of aryl methyl sites for hydroxylation is 2. The second kappa shape index (κ2) is 4.23. The molecule has 1 aromatic rings. The molecular weight excluding hydrogens is 228 g/mol. The lowest BCUT2D eigenvalue weighted by atomic mass is 9.61. The predicted octanol–water partition coefficient (Wildman–Crippen LogP) is 4.81. The van der Waals surface area contributed by atoms with E-state index in [1.807, 2.05) is 0 Å². The van der Waals surface area contributed by atoms with Crippen LogP contribution in [0.2, 0.25) is 0 Å². The van der Waals surface area contributed by atoms with Gasteiger partial charge in [-0.15, -0.1) is 0 Å². The highest BCUT2D eigenvalue weighted by atomic mass is 14.5. The van der Waals surface area contributed by atoms with Crippen LogP contribution >= 0.6 is 0 Å². The number of allylic oxidation sites excluding steroid dienone is 2. The number of fused-ring (bicyclic) bond motifs is 5. The van der Waals surface area contributed by atoms with Crippen molar-refractivity contribution in [1.29, 1.82) is 0 Å². The third-order valence-electron chi connectivity index (χ3n) is 5.83. The Kier molecular flexibility index (Phi) is 2.62. The van der Waals surface area contributed by atoms with E-state index in [1.54, 1.807) is 16.7 Å². The van der Waals surface area contributed by atoms with Crippen molar-refractivity contribution in [3.63, 3.8) is 0 Å². The van der Waals surface area contributed by atoms with E-state index in [1.165, 1.54) is 44.9 Å². The molecule has 19 heavy (non-hydrogen) atoms. The summed E-state index contributed by atoms with van der Waals surface area (Å²) in [6.45, 7) is 2.32. The highest BCUT2D eigenvalue weighted by Gasteiger charge is 2.51. The maximum Gasteiger partial charge on any atom is 0.00271 e. The van der Waals surface area contributed by atoms with Crippen LogP contribution in [0.1, 0.15) is 55.7 Å². The Morgan fingerprint density at radius 1 is 1.26 bits per heavy atom. The Balaban J connectivity index is 1.88. The average Bonchev–Trinajstić information content (AvgIpc) is 3.00. The normalized spacial score (nSPS) is 35.0. The van der Waals surface area contributed by atoms with Crippen molar-refractivity contribution >= 4 is 0 Å². The summed E-state index contributed by atoms with van der Waals surface area (Å²) < 4.78 is 0. The molecule has 0 nitrogen and oxygen atoms in total. The first-order valence-corrected chi connectivity index (χ1v) is 8.13. The fourth-order valence-corrected chi connectivity index (χ4v) is 5.23. The zero-order valence-corrected chi connectivity index (χ0v) is 12.0. The van der Waals surface area contributed by atoms with Gasteiger partial charge in [0.1, 0.15) is 0 Å². The number of benzene rings is 1. The van der Waals surface area contributed by atoms with Crippen molar-refractivity contribution in [2.24, 2.45) is 11.8 Å². The monoisotopic (exact) mass is 252 g/mol. The van der Waals surface area contributed by atoms with E-state index in [0.29, 0.717) is 5.41 Å². The number of rotatable bonds is 2. The zero-order valence-electron chi connectivity index (χ0n) is 12.0. The third kappa shape index (κ3) is 1.58. The van der Waals surface area contributed by atoms with E-state index < -0.39 is 0 Å². The molecule has 2 bridgehead atoms. The first-order chi connectivity index (χ1) is 9.33. The first kappa shape index (κ1) is 11.8. The summed E-state index contributed by atoms with van der Waals surface area (Å²) in [5.41, 5.74) is 5.66. The molecule has 1 saturated carbocycles. The second-order valence-corrected chi connectivity index (χ2v) is 6.90. The Labute approximate surface area is 116 Å². The van der Waals surface area contributed by atoms with Crippen molar-refractivity contribution < 1.29 is 0 Å². The van der Waals surface area contributed by atoms with Crippen LogP contribution in [0.3, 0.4) is 0 Å². The van der Waals surface area contributed by atoms with Gasteiger partial charge < -0.3 is 0 Å². The van der Waals surface area contributed by atoms with Crippen LogP contribution in [0.25, 0.3) is 0 Å². The van der Waals surface area contributed by atoms with E-state index in [0.717, 1.165) is 11.8 Å². The summed E-state index contributed by atoms with van der Waals surface area (Å²) in [6, 6.07) is 7.11. The van der Waals surface area contributed by atoms with Crippen LogP contribution in [-0.4, -0.2) is 0 Å². The van der Waals surface area contributed by atoms with Crippen LogP contribution in [0.5, 0.6) is 0 Å². The minimum Gasteiger partial charge on any atom is -0.0851 e. The van der Waals surface area contributed by atoms with Crippen LogP contribution in [-0.2, 0) is 18.3 Å². The van der Waals surface area contributed by atoms with Gasteiger partial charge in [0, 0.05) is 5.41 Å². The highest BCUT2D eigenvalue weighted by Crippen LogP contribution is 2.58. The maximum absolute atomic E-state index is 2.55. The van der Waals surface area contributed by atoms with E-state index in [4.69, 9.17) is 0 Å². The molecule has 0 radical (unpaired) electrons. The largest absolute Gasteiger partial charge is 0.0851 e. The lowest BCUT2D eigenvalue weighted by molar-refractivity contribution is 0.301.